The molecule has 1 rings (SSSR count). The average molecular weight is 137 g/mol. The van der Waals surface area contributed by atoms with Crippen molar-refractivity contribution in [1.29, 1.82) is 0 Å². The number of aliphatic imine (C=N–C) groups is 1. The molecule has 1 atom stereocenters. The zero-order valence-electron chi connectivity index (χ0n) is 6.96. The second-order valence-corrected chi connectivity index (χ2v) is 3.89. The summed E-state index contributed by atoms with van der Waals surface area (Å²) in [4.78, 5) is 4.12. The smallest absolute Gasteiger partial charge is 0.0224 e. The fraction of sp³-hybridized carbons (Fsp3) is 0.667. The standard InChI is InChI=1S/C9H15N/c1-9(2,3)8-5-4-6-10-7-8/h4,6-8H,5H2,1-3H3. The molecule has 0 amide bonds. The van der Waals surface area contributed by atoms with Gasteiger partial charge in [0.05, 0.1) is 0 Å². The maximum Gasteiger partial charge on any atom is 0.0224 e. The van der Waals surface area contributed by atoms with Crippen LogP contribution in [0, 0.1) is 11.3 Å². The van der Waals surface area contributed by atoms with Crippen molar-refractivity contribution in [2.45, 2.75) is 27.2 Å². The van der Waals surface area contributed by atoms with E-state index < -0.39 is 0 Å². The van der Waals surface area contributed by atoms with E-state index in [1.165, 1.54) is 0 Å². The van der Waals surface area contributed by atoms with Gasteiger partial charge < -0.3 is 0 Å². The van der Waals surface area contributed by atoms with E-state index in [9.17, 15) is 0 Å². The van der Waals surface area contributed by atoms with Crippen LogP contribution < -0.4 is 0 Å². The molecule has 56 valence electrons. The first-order chi connectivity index (χ1) is 4.61. The molecule has 1 heterocycles. The molecular formula is C9H15N. The Hall–Kier alpha value is -0.590. The monoisotopic (exact) mass is 137 g/mol. The highest BCUT2D eigenvalue weighted by molar-refractivity contribution is 5.64. The summed E-state index contributed by atoms with van der Waals surface area (Å²) in [6.45, 7) is 6.76. The van der Waals surface area contributed by atoms with Gasteiger partial charge in [-0.15, -0.1) is 0 Å². The lowest BCUT2D eigenvalue weighted by molar-refractivity contribution is 0.318. The second-order valence-electron chi connectivity index (χ2n) is 3.89. The van der Waals surface area contributed by atoms with Gasteiger partial charge >= 0.3 is 0 Å². The van der Waals surface area contributed by atoms with Crippen molar-refractivity contribution in [3.63, 3.8) is 0 Å². The van der Waals surface area contributed by atoms with E-state index in [4.69, 9.17) is 0 Å². The first-order valence-electron chi connectivity index (χ1n) is 3.79. The molecule has 1 aliphatic heterocycles. The molecule has 0 fully saturated rings. The van der Waals surface area contributed by atoms with Gasteiger partial charge in [0.2, 0.25) is 0 Å². The highest BCUT2D eigenvalue weighted by Gasteiger charge is 2.22. The summed E-state index contributed by atoms with van der Waals surface area (Å²) in [5.41, 5.74) is 0.369. The van der Waals surface area contributed by atoms with Gasteiger partial charge in [0.15, 0.2) is 0 Å². The minimum atomic E-state index is 0.369. The Balaban J connectivity index is 2.60. The Bertz CT molecular complexity index is 160. The highest BCUT2D eigenvalue weighted by Crippen LogP contribution is 2.28. The minimum absolute atomic E-state index is 0.369. The van der Waals surface area contributed by atoms with Crippen LogP contribution in [0.1, 0.15) is 27.2 Å². The van der Waals surface area contributed by atoms with Gasteiger partial charge in [0, 0.05) is 18.3 Å². The van der Waals surface area contributed by atoms with Crippen LogP contribution >= 0.6 is 0 Å². The molecule has 0 aromatic heterocycles. The Morgan fingerprint density at radius 3 is 2.40 bits per heavy atom. The lowest BCUT2D eigenvalue weighted by Crippen LogP contribution is -2.21. The SMILES string of the molecule is CC(C)(C)C1C=NC=CC1. The lowest BCUT2D eigenvalue weighted by atomic mass is 9.79. The predicted molar refractivity (Wildman–Crippen MR) is 45.2 cm³/mol. The van der Waals surface area contributed by atoms with Crippen LogP contribution in [0.4, 0.5) is 0 Å². The Kier molecular flexibility index (Phi) is 1.93. The van der Waals surface area contributed by atoms with Gasteiger partial charge in [0.1, 0.15) is 0 Å². The van der Waals surface area contributed by atoms with E-state index in [0.29, 0.717) is 11.3 Å². The van der Waals surface area contributed by atoms with Crippen molar-refractivity contribution in [3.05, 3.63) is 12.3 Å². The van der Waals surface area contributed by atoms with E-state index >= 15 is 0 Å². The number of allylic oxidation sites excluding steroid dienone is 1. The summed E-state index contributed by atoms with van der Waals surface area (Å²) in [5.74, 6) is 0.623. The van der Waals surface area contributed by atoms with Crippen LogP contribution in [-0.4, -0.2) is 6.21 Å². The third-order valence-electron chi connectivity index (χ3n) is 1.96. The maximum absolute atomic E-state index is 4.12. The van der Waals surface area contributed by atoms with Gasteiger partial charge in [-0.3, -0.25) is 4.99 Å². The molecule has 0 aromatic carbocycles. The van der Waals surface area contributed by atoms with Crippen LogP contribution in [0.25, 0.3) is 0 Å². The molecule has 10 heavy (non-hydrogen) atoms. The number of hydrogen-bond donors (Lipinski definition) is 0. The quantitative estimate of drug-likeness (QED) is 0.486. The molecule has 0 saturated carbocycles. The third-order valence-corrected chi connectivity index (χ3v) is 1.96. The van der Waals surface area contributed by atoms with Crippen LogP contribution in [-0.2, 0) is 0 Å². The summed E-state index contributed by atoms with van der Waals surface area (Å²) in [7, 11) is 0. The van der Waals surface area contributed by atoms with Gasteiger partial charge in [-0.05, 0) is 11.8 Å². The van der Waals surface area contributed by atoms with Gasteiger partial charge in [-0.1, -0.05) is 26.8 Å². The first kappa shape index (κ1) is 7.52. The zero-order chi connectivity index (χ0) is 7.61. The molecule has 0 spiro atoms. The molecule has 0 saturated heterocycles. The van der Waals surface area contributed by atoms with Crippen LogP contribution in [0.5, 0.6) is 0 Å². The Labute approximate surface area is 62.9 Å². The zero-order valence-corrected chi connectivity index (χ0v) is 6.96. The molecule has 1 aliphatic rings. The van der Waals surface area contributed by atoms with E-state index in [0.717, 1.165) is 6.42 Å². The summed E-state index contributed by atoms with van der Waals surface area (Å²) in [5, 5.41) is 0. The van der Waals surface area contributed by atoms with Crippen LogP contribution in [0.15, 0.2) is 17.3 Å². The van der Waals surface area contributed by atoms with Gasteiger partial charge in [-0.2, -0.15) is 0 Å². The van der Waals surface area contributed by atoms with E-state index in [1.54, 1.807) is 0 Å². The molecular weight excluding hydrogens is 122 g/mol. The van der Waals surface area contributed by atoms with E-state index in [-0.39, 0.29) is 0 Å². The van der Waals surface area contributed by atoms with Crippen LogP contribution in [0.2, 0.25) is 0 Å². The summed E-state index contributed by atoms with van der Waals surface area (Å²) in [6, 6.07) is 0. The largest absolute Gasteiger partial charge is 0.269 e. The molecule has 0 aliphatic carbocycles. The van der Waals surface area contributed by atoms with Gasteiger partial charge in [-0.25, -0.2) is 0 Å². The fourth-order valence-electron chi connectivity index (χ4n) is 1.06. The van der Waals surface area contributed by atoms with Crippen molar-refractivity contribution in [1.82, 2.24) is 0 Å². The predicted octanol–water partition coefficient (Wildman–Crippen LogP) is 2.64. The van der Waals surface area contributed by atoms with Crippen molar-refractivity contribution in [3.8, 4) is 0 Å². The highest BCUT2D eigenvalue weighted by atomic mass is 14.7. The fourth-order valence-corrected chi connectivity index (χ4v) is 1.06. The third kappa shape index (κ3) is 1.69. The molecule has 1 heteroatoms. The van der Waals surface area contributed by atoms with E-state index in [1.807, 2.05) is 6.20 Å². The lowest BCUT2D eigenvalue weighted by Gasteiger charge is -2.27. The number of hydrogen-bond acceptors (Lipinski definition) is 1. The summed E-state index contributed by atoms with van der Waals surface area (Å²) >= 11 is 0. The van der Waals surface area contributed by atoms with Crippen molar-refractivity contribution >= 4 is 6.21 Å². The van der Waals surface area contributed by atoms with E-state index in [2.05, 4.69) is 38.1 Å². The van der Waals surface area contributed by atoms with Crippen LogP contribution in [0.3, 0.4) is 0 Å². The Morgan fingerprint density at radius 2 is 2.10 bits per heavy atom. The Morgan fingerprint density at radius 1 is 1.40 bits per heavy atom. The number of nitrogens with zero attached hydrogens (tertiary/aromatic N) is 1. The first-order valence-corrected chi connectivity index (χ1v) is 3.79. The number of rotatable bonds is 0. The molecule has 0 aromatic rings. The summed E-state index contributed by atoms with van der Waals surface area (Å²) in [6.07, 6.45) is 7.21. The van der Waals surface area contributed by atoms with Crippen molar-refractivity contribution in [2.75, 3.05) is 0 Å². The topological polar surface area (TPSA) is 12.4 Å². The maximum atomic E-state index is 4.12. The summed E-state index contributed by atoms with van der Waals surface area (Å²) < 4.78 is 0. The van der Waals surface area contributed by atoms with Crippen molar-refractivity contribution in [2.24, 2.45) is 16.3 Å². The van der Waals surface area contributed by atoms with Gasteiger partial charge in [0.25, 0.3) is 0 Å². The molecule has 0 bridgehead atoms. The molecule has 0 N–H and O–H groups in total. The second kappa shape index (κ2) is 2.57. The molecule has 1 nitrogen and oxygen atoms in total. The average Bonchev–Trinajstić information content (AvgIpc) is 1.88. The minimum Gasteiger partial charge on any atom is -0.269 e. The molecule has 0 radical (unpaired) electrons. The normalized spacial score (nSPS) is 25.3. The van der Waals surface area contributed by atoms with Crippen molar-refractivity contribution < 1.29 is 0 Å². The molecule has 1 unspecified atom stereocenters.